The molecule has 0 aromatic carbocycles. The van der Waals surface area contributed by atoms with Gasteiger partial charge in [-0.1, -0.05) is 26.8 Å². The highest BCUT2D eigenvalue weighted by Gasteiger charge is 2.55. The van der Waals surface area contributed by atoms with Crippen molar-refractivity contribution in [1.29, 1.82) is 0 Å². The fraction of sp³-hybridized carbons (Fsp3) is 0.700. The number of ether oxygens (including phenoxy) is 1. The molecule has 3 aliphatic rings. The first-order valence-electron chi connectivity index (χ1n) is 9.22. The van der Waals surface area contributed by atoms with Gasteiger partial charge in [-0.05, 0) is 61.9 Å². The van der Waals surface area contributed by atoms with Gasteiger partial charge in [-0.25, -0.2) is 9.59 Å². The van der Waals surface area contributed by atoms with Crippen molar-refractivity contribution in [3.8, 4) is 0 Å². The zero-order valence-electron chi connectivity index (χ0n) is 15.2. The van der Waals surface area contributed by atoms with Crippen molar-refractivity contribution in [2.75, 3.05) is 0 Å². The van der Waals surface area contributed by atoms with Crippen LogP contribution in [-0.2, 0) is 14.3 Å². The van der Waals surface area contributed by atoms with Gasteiger partial charge in [0.15, 0.2) is 0 Å². The summed E-state index contributed by atoms with van der Waals surface area (Å²) >= 11 is 0. The molecule has 5 atom stereocenters. The van der Waals surface area contributed by atoms with Crippen LogP contribution in [0, 0.1) is 22.7 Å². The number of aliphatic hydroxyl groups excluding tert-OH is 1. The van der Waals surface area contributed by atoms with E-state index in [1.54, 1.807) is 0 Å². The Morgan fingerprint density at radius 3 is 2.68 bits per heavy atom. The third-order valence-corrected chi connectivity index (χ3v) is 7.20. The highest BCUT2D eigenvalue weighted by atomic mass is 16.6. The molecule has 5 unspecified atom stereocenters. The zero-order valence-corrected chi connectivity index (χ0v) is 15.2. The quantitative estimate of drug-likeness (QED) is 0.761. The first kappa shape index (κ1) is 18.2. The summed E-state index contributed by atoms with van der Waals surface area (Å²) in [5.74, 6) is -0.490. The zero-order chi connectivity index (χ0) is 18.4. The summed E-state index contributed by atoms with van der Waals surface area (Å²) in [5, 5.41) is 19.1. The van der Waals surface area contributed by atoms with Crippen LogP contribution in [0.5, 0.6) is 0 Å². The van der Waals surface area contributed by atoms with E-state index < -0.39 is 18.2 Å². The van der Waals surface area contributed by atoms with Gasteiger partial charge in [0.2, 0.25) is 6.29 Å². The van der Waals surface area contributed by atoms with Crippen molar-refractivity contribution >= 4 is 11.9 Å². The summed E-state index contributed by atoms with van der Waals surface area (Å²) in [6.45, 7) is 6.60. The van der Waals surface area contributed by atoms with E-state index in [2.05, 4.69) is 20.8 Å². The number of allylic oxidation sites excluding steroid dienone is 1. The molecule has 1 fully saturated rings. The van der Waals surface area contributed by atoms with Gasteiger partial charge in [0.25, 0.3) is 0 Å². The summed E-state index contributed by atoms with van der Waals surface area (Å²) < 4.78 is 4.79. The number of carbonyl (C=O) groups is 2. The molecule has 0 bridgehead atoms. The van der Waals surface area contributed by atoms with E-state index in [1.165, 1.54) is 6.08 Å². The van der Waals surface area contributed by atoms with Crippen LogP contribution in [0.2, 0.25) is 0 Å². The number of rotatable bonds is 4. The van der Waals surface area contributed by atoms with Crippen LogP contribution in [-0.4, -0.2) is 28.4 Å². The second-order valence-electron chi connectivity index (χ2n) is 8.40. The van der Waals surface area contributed by atoms with Crippen LogP contribution < -0.4 is 0 Å². The molecule has 3 rings (SSSR count). The van der Waals surface area contributed by atoms with E-state index in [0.29, 0.717) is 23.5 Å². The Bertz CT molecular complexity index is 648. The first-order valence-corrected chi connectivity index (χ1v) is 9.22. The summed E-state index contributed by atoms with van der Waals surface area (Å²) in [7, 11) is 0. The normalized spacial score (nSPS) is 40.8. The third kappa shape index (κ3) is 2.92. The lowest BCUT2D eigenvalue weighted by Crippen LogP contribution is -2.51. The first-order chi connectivity index (χ1) is 11.7. The lowest BCUT2D eigenvalue weighted by molar-refractivity contribution is -0.151. The van der Waals surface area contributed by atoms with Gasteiger partial charge in [0.05, 0.1) is 0 Å². The van der Waals surface area contributed by atoms with E-state index in [4.69, 9.17) is 4.74 Å². The van der Waals surface area contributed by atoms with Crippen molar-refractivity contribution < 1.29 is 24.5 Å². The Labute approximate surface area is 148 Å². The molecule has 0 spiro atoms. The smallest absolute Gasteiger partial charge is 0.336 e. The largest absolute Gasteiger partial charge is 0.478 e. The standard InChI is InChI=1S/C20H28O5/c1-12-7-9-20(3)14(17(22)23)5-4-6-15(20)19(12,2)10-8-13-11-16(21)25-18(13)24/h5,11-12,15-16,21H,4,6-10H2,1-3H3,(H,22,23). The number of aliphatic carboxylic acids is 1. The Balaban J connectivity index is 1.86. The van der Waals surface area contributed by atoms with Crippen LogP contribution in [0.25, 0.3) is 0 Å². The van der Waals surface area contributed by atoms with Crippen LogP contribution in [0.1, 0.15) is 59.3 Å². The Kier molecular flexibility index (Phi) is 4.56. The maximum atomic E-state index is 11.8. The average molecular weight is 348 g/mol. The van der Waals surface area contributed by atoms with Gasteiger partial charge >= 0.3 is 11.9 Å². The van der Waals surface area contributed by atoms with Crippen molar-refractivity contribution in [3.63, 3.8) is 0 Å². The van der Waals surface area contributed by atoms with Crippen LogP contribution in [0.4, 0.5) is 0 Å². The molecule has 0 aromatic heterocycles. The van der Waals surface area contributed by atoms with Gasteiger partial charge in [0.1, 0.15) is 0 Å². The molecule has 25 heavy (non-hydrogen) atoms. The lowest BCUT2D eigenvalue weighted by Gasteiger charge is -2.57. The number of hydrogen-bond acceptors (Lipinski definition) is 4. The monoisotopic (exact) mass is 348 g/mol. The molecular weight excluding hydrogens is 320 g/mol. The van der Waals surface area contributed by atoms with E-state index in [-0.39, 0.29) is 16.7 Å². The molecule has 0 aromatic rings. The molecule has 0 saturated heterocycles. The molecule has 5 nitrogen and oxygen atoms in total. The number of esters is 1. The number of aliphatic hydroxyl groups is 1. The molecule has 2 aliphatic carbocycles. The van der Waals surface area contributed by atoms with E-state index in [1.807, 2.05) is 6.08 Å². The minimum Gasteiger partial charge on any atom is -0.478 e. The number of fused-ring (bicyclic) bond motifs is 1. The second-order valence-corrected chi connectivity index (χ2v) is 8.40. The summed E-state index contributed by atoms with van der Waals surface area (Å²) in [5.41, 5.74) is 0.751. The van der Waals surface area contributed by atoms with Gasteiger partial charge in [-0.15, -0.1) is 0 Å². The highest BCUT2D eigenvalue weighted by molar-refractivity contribution is 5.90. The number of carboxylic acid groups (broad SMARTS) is 1. The SMILES string of the molecule is CC1CCC2(C)C(C(=O)O)=CCCC2C1(C)CCC1=CC(O)OC1=O. The van der Waals surface area contributed by atoms with Gasteiger partial charge in [-0.3, -0.25) is 0 Å². The lowest BCUT2D eigenvalue weighted by atomic mass is 9.46. The van der Waals surface area contributed by atoms with Crippen LogP contribution in [0.3, 0.4) is 0 Å². The van der Waals surface area contributed by atoms with E-state index in [0.717, 1.165) is 32.1 Å². The Morgan fingerprint density at radius 1 is 1.36 bits per heavy atom. The molecule has 1 heterocycles. The van der Waals surface area contributed by atoms with Gasteiger partial charge in [0, 0.05) is 16.6 Å². The molecule has 0 amide bonds. The Morgan fingerprint density at radius 2 is 2.08 bits per heavy atom. The van der Waals surface area contributed by atoms with E-state index >= 15 is 0 Å². The number of carbonyl (C=O) groups excluding carboxylic acids is 1. The summed E-state index contributed by atoms with van der Waals surface area (Å²) in [6.07, 6.45) is 7.30. The molecule has 1 aliphatic heterocycles. The molecular formula is C20H28O5. The predicted octanol–water partition coefficient (Wildman–Crippen LogP) is 3.43. The fourth-order valence-electron chi connectivity index (χ4n) is 5.49. The van der Waals surface area contributed by atoms with Gasteiger partial charge in [-0.2, -0.15) is 0 Å². The molecule has 5 heteroatoms. The molecule has 1 saturated carbocycles. The number of cyclic esters (lactones) is 1. The fourth-order valence-corrected chi connectivity index (χ4v) is 5.49. The van der Waals surface area contributed by atoms with Crippen molar-refractivity contribution in [3.05, 3.63) is 23.3 Å². The molecule has 138 valence electrons. The van der Waals surface area contributed by atoms with Crippen molar-refractivity contribution in [1.82, 2.24) is 0 Å². The summed E-state index contributed by atoms with van der Waals surface area (Å²) in [4.78, 5) is 23.6. The predicted molar refractivity (Wildman–Crippen MR) is 92.5 cm³/mol. The van der Waals surface area contributed by atoms with Crippen LogP contribution in [0.15, 0.2) is 23.3 Å². The minimum atomic E-state index is -1.12. The minimum absolute atomic E-state index is 0.0450. The number of hydrogen-bond donors (Lipinski definition) is 2. The van der Waals surface area contributed by atoms with Gasteiger partial charge < -0.3 is 14.9 Å². The average Bonchev–Trinajstić information content (AvgIpc) is 2.87. The van der Waals surface area contributed by atoms with Crippen molar-refractivity contribution in [2.45, 2.75) is 65.6 Å². The summed E-state index contributed by atoms with van der Waals surface area (Å²) in [6, 6.07) is 0. The second kappa shape index (κ2) is 6.27. The topological polar surface area (TPSA) is 83.8 Å². The maximum absolute atomic E-state index is 11.8. The highest BCUT2D eigenvalue weighted by Crippen LogP contribution is 2.62. The maximum Gasteiger partial charge on any atom is 0.336 e. The Hall–Kier alpha value is -1.62. The van der Waals surface area contributed by atoms with Crippen LogP contribution >= 0.6 is 0 Å². The molecule has 2 N–H and O–H groups in total. The molecule has 0 radical (unpaired) electrons. The third-order valence-electron chi connectivity index (χ3n) is 7.20. The van der Waals surface area contributed by atoms with E-state index in [9.17, 15) is 19.8 Å². The number of carboxylic acids is 1. The van der Waals surface area contributed by atoms with Crippen molar-refractivity contribution in [2.24, 2.45) is 22.7 Å².